The van der Waals surface area contributed by atoms with Crippen LogP contribution in [0, 0.1) is 0 Å². The van der Waals surface area contributed by atoms with E-state index in [2.05, 4.69) is 18.7 Å². The van der Waals surface area contributed by atoms with Gasteiger partial charge in [-0.25, -0.2) is 0 Å². The fourth-order valence-corrected chi connectivity index (χ4v) is 2.32. The average Bonchev–Trinajstić information content (AvgIpc) is 2.35. The zero-order valence-corrected chi connectivity index (χ0v) is 12.7. The third-order valence-electron chi connectivity index (χ3n) is 3.12. The molecule has 0 aliphatic heterocycles. The molecule has 0 aliphatic rings. The van der Waals surface area contributed by atoms with Gasteiger partial charge in [0.1, 0.15) is 0 Å². The Hall–Kier alpha value is -1.33. The van der Waals surface area contributed by atoms with E-state index in [4.69, 9.17) is 0 Å². The molecule has 0 saturated heterocycles. The summed E-state index contributed by atoms with van der Waals surface area (Å²) < 4.78 is 1.76. The van der Waals surface area contributed by atoms with Gasteiger partial charge in [-0.05, 0) is 32.9 Å². The van der Waals surface area contributed by atoms with Crippen molar-refractivity contribution < 1.29 is 10.2 Å². The third-order valence-corrected chi connectivity index (χ3v) is 3.12. The molecule has 0 radical (unpaired) electrons. The van der Waals surface area contributed by atoms with E-state index in [-0.39, 0.29) is 11.2 Å². The van der Waals surface area contributed by atoms with Crippen LogP contribution in [0.15, 0.2) is 17.1 Å². The second-order valence-electron chi connectivity index (χ2n) is 5.29. The Morgan fingerprint density at radius 2 is 1.90 bits per heavy atom. The van der Waals surface area contributed by atoms with Gasteiger partial charge in [0, 0.05) is 24.8 Å². The fraction of sp³-hybridized carbons (Fsp3) is 0.667. The molecule has 0 aliphatic carbocycles. The summed E-state index contributed by atoms with van der Waals surface area (Å²) in [6.07, 6.45) is 3.00. The molecule has 2 N–H and O–H groups in total. The van der Waals surface area contributed by atoms with E-state index >= 15 is 0 Å². The van der Waals surface area contributed by atoms with Gasteiger partial charge in [0.15, 0.2) is 5.75 Å². The molecule has 0 spiro atoms. The first-order valence-electron chi connectivity index (χ1n) is 7.30. The quantitative estimate of drug-likeness (QED) is 0.759. The Morgan fingerprint density at radius 1 is 1.30 bits per heavy atom. The Kier molecular flexibility index (Phi) is 6.75. The van der Waals surface area contributed by atoms with Crippen LogP contribution in [0.25, 0.3) is 0 Å². The van der Waals surface area contributed by atoms with Crippen molar-refractivity contribution in [2.45, 2.75) is 52.8 Å². The topological polar surface area (TPSA) is 65.7 Å². The number of rotatable bonds is 8. The number of hydrogen-bond acceptors (Lipinski definition) is 4. The summed E-state index contributed by atoms with van der Waals surface area (Å²) in [6.45, 7) is 8.91. The molecule has 5 heteroatoms. The van der Waals surface area contributed by atoms with E-state index in [1.807, 2.05) is 0 Å². The molecular formula is C15H26N2O3. The molecular weight excluding hydrogens is 256 g/mol. The number of aliphatic hydroxyl groups is 1. The third kappa shape index (κ3) is 4.98. The minimum absolute atomic E-state index is 0.271. The Bertz CT molecular complexity index is 463. The van der Waals surface area contributed by atoms with Crippen LogP contribution in [0.1, 0.15) is 39.3 Å². The van der Waals surface area contributed by atoms with Gasteiger partial charge >= 0.3 is 0 Å². The number of nitrogens with zero attached hydrogens (tertiary/aromatic N) is 2. The van der Waals surface area contributed by atoms with Gasteiger partial charge in [-0.15, -0.1) is 0 Å². The molecule has 1 atom stereocenters. The van der Waals surface area contributed by atoms with Crippen molar-refractivity contribution >= 4 is 0 Å². The maximum absolute atomic E-state index is 11.6. The monoisotopic (exact) mass is 282 g/mol. The first kappa shape index (κ1) is 16.7. The van der Waals surface area contributed by atoms with Gasteiger partial charge in [0.2, 0.25) is 5.43 Å². The minimum atomic E-state index is -0.526. The van der Waals surface area contributed by atoms with Gasteiger partial charge < -0.3 is 14.8 Å². The standard InChI is InChI=1S/C15H26N2O3/c1-4-6-16(7-5-2)10-13-8-14(19)15(20)11-17(13)9-12(3)18/h8,11-12,18,20H,4-7,9-10H2,1-3H3. The van der Waals surface area contributed by atoms with E-state index in [9.17, 15) is 15.0 Å². The number of hydrogen-bond donors (Lipinski definition) is 2. The van der Waals surface area contributed by atoms with E-state index in [1.165, 1.54) is 12.3 Å². The lowest BCUT2D eigenvalue weighted by atomic mass is 10.2. The highest BCUT2D eigenvalue weighted by Crippen LogP contribution is 2.10. The van der Waals surface area contributed by atoms with Crippen LogP contribution in [0.5, 0.6) is 5.75 Å². The van der Waals surface area contributed by atoms with E-state index in [0.717, 1.165) is 31.6 Å². The van der Waals surface area contributed by atoms with Crippen molar-refractivity contribution in [2.24, 2.45) is 0 Å². The van der Waals surface area contributed by atoms with Gasteiger partial charge in [-0.2, -0.15) is 0 Å². The van der Waals surface area contributed by atoms with Gasteiger partial charge in [0.05, 0.1) is 12.3 Å². The summed E-state index contributed by atoms with van der Waals surface area (Å²) in [5.41, 5.74) is 0.463. The molecule has 5 nitrogen and oxygen atoms in total. The van der Waals surface area contributed by atoms with E-state index < -0.39 is 6.10 Å². The molecule has 1 rings (SSSR count). The lowest BCUT2D eigenvalue weighted by Crippen LogP contribution is -2.28. The summed E-state index contributed by atoms with van der Waals surface area (Å²) in [5, 5.41) is 19.1. The molecule has 0 fully saturated rings. The second kappa shape index (κ2) is 8.07. The fourth-order valence-electron chi connectivity index (χ4n) is 2.32. The van der Waals surface area contributed by atoms with E-state index in [0.29, 0.717) is 13.1 Å². The van der Waals surface area contributed by atoms with Gasteiger partial charge in [0.25, 0.3) is 0 Å². The van der Waals surface area contributed by atoms with Crippen LogP contribution < -0.4 is 5.43 Å². The highest BCUT2D eigenvalue weighted by atomic mass is 16.3. The Balaban J connectivity index is 3.01. The second-order valence-corrected chi connectivity index (χ2v) is 5.29. The Morgan fingerprint density at radius 3 is 2.40 bits per heavy atom. The van der Waals surface area contributed by atoms with E-state index in [1.54, 1.807) is 11.5 Å². The summed E-state index contributed by atoms with van der Waals surface area (Å²) in [6, 6.07) is 1.47. The molecule has 1 unspecified atom stereocenters. The highest BCUT2D eigenvalue weighted by molar-refractivity contribution is 5.20. The molecule has 20 heavy (non-hydrogen) atoms. The number of aliphatic hydroxyl groups excluding tert-OH is 1. The maximum atomic E-state index is 11.6. The summed E-state index contributed by atoms with van der Waals surface area (Å²) >= 11 is 0. The summed E-state index contributed by atoms with van der Waals surface area (Å²) in [7, 11) is 0. The molecule has 114 valence electrons. The van der Waals surface area contributed by atoms with Crippen molar-refractivity contribution in [3.05, 3.63) is 28.2 Å². The molecule has 0 saturated carbocycles. The Labute approximate surface area is 120 Å². The lowest BCUT2D eigenvalue weighted by molar-refractivity contribution is 0.168. The predicted molar refractivity (Wildman–Crippen MR) is 79.9 cm³/mol. The zero-order valence-electron chi connectivity index (χ0n) is 12.7. The smallest absolute Gasteiger partial charge is 0.223 e. The van der Waals surface area contributed by atoms with Gasteiger partial charge in [-0.1, -0.05) is 13.8 Å². The molecule has 0 aromatic carbocycles. The first-order chi connectivity index (χ1) is 9.47. The first-order valence-corrected chi connectivity index (χ1v) is 7.30. The van der Waals surface area contributed by atoms with Crippen molar-refractivity contribution in [3.8, 4) is 5.75 Å². The molecule has 1 aromatic rings. The van der Waals surface area contributed by atoms with Crippen LogP contribution in [-0.2, 0) is 13.1 Å². The molecule has 0 amide bonds. The molecule has 1 heterocycles. The number of pyridine rings is 1. The zero-order chi connectivity index (χ0) is 15.1. The van der Waals surface area contributed by atoms with Crippen LogP contribution >= 0.6 is 0 Å². The lowest BCUT2D eigenvalue weighted by Gasteiger charge is -2.24. The maximum Gasteiger partial charge on any atom is 0.223 e. The summed E-state index contributed by atoms with van der Waals surface area (Å²) in [4.78, 5) is 13.9. The SMILES string of the molecule is CCCN(CCC)Cc1cc(=O)c(O)cn1CC(C)O. The van der Waals surface area contributed by atoms with Crippen LogP contribution in [0.3, 0.4) is 0 Å². The molecule has 0 bridgehead atoms. The van der Waals surface area contributed by atoms with Crippen molar-refractivity contribution in [1.82, 2.24) is 9.47 Å². The summed E-state index contributed by atoms with van der Waals surface area (Å²) in [5.74, 6) is -0.271. The normalized spacial score (nSPS) is 12.8. The van der Waals surface area contributed by atoms with Crippen molar-refractivity contribution in [2.75, 3.05) is 13.1 Å². The van der Waals surface area contributed by atoms with Crippen LogP contribution in [-0.4, -0.2) is 38.9 Å². The number of aromatic nitrogens is 1. The number of aromatic hydroxyl groups is 1. The van der Waals surface area contributed by atoms with Crippen LogP contribution in [0.4, 0.5) is 0 Å². The van der Waals surface area contributed by atoms with Gasteiger partial charge in [-0.3, -0.25) is 9.69 Å². The average molecular weight is 282 g/mol. The highest BCUT2D eigenvalue weighted by Gasteiger charge is 2.11. The van der Waals surface area contributed by atoms with Crippen molar-refractivity contribution in [3.63, 3.8) is 0 Å². The largest absolute Gasteiger partial charge is 0.503 e. The predicted octanol–water partition coefficient (Wildman–Crippen LogP) is 1.56. The van der Waals surface area contributed by atoms with Crippen LogP contribution in [0.2, 0.25) is 0 Å². The minimum Gasteiger partial charge on any atom is -0.503 e. The van der Waals surface area contributed by atoms with Crippen molar-refractivity contribution in [1.29, 1.82) is 0 Å². The molecule has 1 aromatic heterocycles.